The summed E-state index contributed by atoms with van der Waals surface area (Å²) in [5.74, 6) is 0. The first kappa shape index (κ1) is 7.19. The maximum absolute atomic E-state index is 5.52. The van der Waals surface area contributed by atoms with E-state index in [1.54, 1.807) is 0 Å². The van der Waals surface area contributed by atoms with Gasteiger partial charge >= 0.3 is 74.4 Å². The molecular formula is C2Cl4Pb. The molecule has 1 fully saturated rings. The van der Waals surface area contributed by atoms with E-state index in [1.807, 2.05) is 0 Å². The van der Waals surface area contributed by atoms with E-state index < -0.39 is 28.0 Å². The molecule has 0 spiro atoms. The number of hydrogen-bond donors (Lipinski definition) is 0. The SMILES string of the molecule is Cl[C]1(Cl)[Pb][C]1(Cl)Cl. The molecule has 0 aromatic carbocycles. The summed E-state index contributed by atoms with van der Waals surface area (Å²) in [7, 11) is 0. The molecule has 0 bridgehead atoms. The first-order valence-corrected chi connectivity index (χ1v) is 6.91. The summed E-state index contributed by atoms with van der Waals surface area (Å²) >= 11 is 21.0. The second-order valence-electron chi connectivity index (χ2n) is 1.27. The number of alkyl halides is 4. The first-order chi connectivity index (χ1) is 2.96. The Bertz CT molecular complexity index is 85.9. The molecule has 0 N–H and O–H groups in total. The Kier molecular flexibility index (Phi) is 1.83. The van der Waals surface area contributed by atoms with Crippen molar-refractivity contribution < 1.29 is 0 Å². The Morgan fingerprint density at radius 1 is 0.857 bits per heavy atom. The van der Waals surface area contributed by atoms with Gasteiger partial charge in [0.1, 0.15) is 0 Å². The average molecular weight is 373 g/mol. The second kappa shape index (κ2) is 1.78. The van der Waals surface area contributed by atoms with Crippen LogP contribution in [-0.2, 0) is 0 Å². The fraction of sp³-hybridized carbons (Fsp3) is 1.00. The van der Waals surface area contributed by atoms with Crippen LogP contribution in [0.3, 0.4) is 0 Å². The van der Waals surface area contributed by atoms with E-state index in [4.69, 9.17) is 46.4 Å². The molecule has 40 valence electrons. The van der Waals surface area contributed by atoms with Gasteiger partial charge in [-0.1, -0.05) is 0 Å². The summed E-state index contributed by atoms with van der Waals surface area (Å²) in [5, 5.41) is 0. The Morgan fingerprint density at radius 2 is 1.00 bits per heavy atom. The molecule has 0 aliphatic carbocycles. The van der Waals surface area contributed by atoms with E-state index in [1.165, 1.54) is 0 Å². The molecule has 0 unspecified atom stereocenters. The standard InChI is InChI=1S/C2Cl4.Pb/c3-1(4)2(5)6;. The average Bonchev–Trinajstić information content (AvgIpc) is 1.63. The number of rotatable bonds is 0. The topological polar surface area (TPSA) is 0 Å². The third-order valence-corrected chi connectivity index (χ3v) is 12.3. The van der Waals surface area contributed by atoms with Crippen molar-refractivity contribution >= 4 is 70.6 Å². The van der Waals surface area contributed by atoms with Gasteiger partial charge in [0.2, 0.25) is 0 Å². The van der Waals surface area contributed by atoms with Gasteiger partial charge in [0, 0.05) is 0 Å². The van der Waals surface area contributed by atoms with Gasteiger partial charge in [0.15, 0.2) is 0 Å². The van der Waals surface area contributed by atoms with Crippen LogP contribution in [0.25, 0.3) is 0 Å². The van der Waals surface area contributed by atoms with Crippen LogP contribution < -0.4 is 0 Å². The minimum absolute atomic E-state index is 0.684. The third-order valence-electron chi connectivity index (χ3n) is 0.646. The molecule has 0 atom stereocenters. The zero-order chi connectivity index (χ0) is 5.71. The van der Waals surface area contributed by atoms with Gasteiger partial charge in [0.25, 0.3) is 0 Å². The van der Waals surface area contributed by atoms with E-state index >= 15 is 0 Å². The molecule has 0 saturated carbocycles. The minimum atomic E-state index is -1.05. The Hall–Kier alpha value is 2.08. The zero-order valence-electron chi connectivity index (χ0n) is 3.01. The van der Waals surface area contributed by atoms with Gasteiger partial charge in [-0.05, 0) is 0 Å². The van der Waals surface area contributed by atoms with Crippen molar-refractivity contribution in [2.75, 3.05) is 0 Å². The summed E-state index contributed by atoms with van der Waals surface area (Å²) in [4.78, 5) is 0. The van der Waals surface area contributed by atoms with Gasteiger partial charge in [-0.2, -0.15) is 0 Å². The molecule has 1 aliphatic heterocycles. The van der Waals surface area contributed by atoms with Crippen LogP contribution in [0.2, 0.25) is 0 Å². The van der Waals surface area contributed by atoms with Crippen LogP contribution in [0, 0.1) is 0 Å². The number of halogens is 4. The van der Waals surface area contributed by atoms with Crippen molar-refractivity contribution in [3.63, 3.8) is 0 Å². The predicted molar refractivity (Wildman–Crippen MR) is 34.6 cm³/mol. The molecule has 0 aromatic heterocycles. The molecule has 2 radical (unpaired) electrons. The Balaban J connectivity index is 2.59. The fourth-order valence-electron chi connectivity index (χ4n) is 0.166. The summed E-state index contributed by atoms with van der Waals surface area (Å²) in [6.45, 7) is 0. The maximum atomic E-state index is 5.52. The zero-order valence-corrected chi connectivity index (χ0v) is 9.92. The van der Waals surface area contributed by atoms with E-state index in [9.17, 15) is 0 Å². The van der Waals surface area contributed by atoms with Crippen LogP contribution in [0.4, 0.5) is 0 Å². The van der Waals surface area contributed by atoms with Crippen molar-refractivity contribution in [2.24, 2.45) is 0 Å². The molecule has 5 heteroatoms. The normalized spacial score (nSPS) is 32.6. The van der Waals surface area contributed by atoms with Crippen molar-refractivity contribution in [1.29, 1.82) is 0 Å². The van der Waals surface area contributed by atoms with E-state index in [-0.39, 0.29) is 0 Å². The van der Waals surface area contributed by atoms with Crippen LogP contribution >= 0.6 is 46.4 Å². The molecular weight excluding hydrogens is 373 g/mol. The van der Waals surface area contributed by atoms with E-state index in [0.29, 0.717) is 0 Å². The third kappa shape index (κ3) is 1.31. The Morgan fingerprint density at radius 3 is 1.00 bits per heavy atom. The monoisotopic (exact) mass is 372 g/mol. The summed E-state index contributed by atoms with van der Waals surface area (Å²) in [6, 6.07) is 0. The van der Waals surface area contributed by atoms with Gasteiger partial charge in [0.05, 0.1) is 0 Å². The molecule has 7 heavy (non-hydrogen) atoms. The Labute approximate surface area is 73.6 Å². The molecule has 0 amide bonds. The van der Waals surface area contributed by atoms with Crippen molar-refractivity contribution in [1.82, 2.24) is 0 Å². The second-order valence-corrected chi connectivity index (χ2v) is 15.7. The molecule has 0 aromatic rings. The summed E-state index contributed by atoms with van der Waals surface area (Å²) in [5.41, 5.74) is 0. The molecule has 0 nitrogen and oxygen atoms in total. The van der Waals surface area contributed by atoms with Gasteiger partial charge in [-0.3, -0.25) is 0 Å². The van der Waals surface area contributed by atoms with Crippen molar-refractivity contribution in [2.45, 2.75) is 3.79 Å². The molecule has 1 saturated heterocycles. The van der Waals surface area contributed by atoms with Crippen LogP contribution in [0.15, 0.2) is 0 Å². The molecule has 1 rings (SSSR count). The van der Waals surface area contributed by atoms with Crippen LogP contribution in [0.5, 0.6) is 0 Å². The summed E-state index contributed by atoms with van der Waals surface area (Å²) < 4.78 is -1.37. The number of hydrogen-bond acceptors (Lipinski definition) is 0. The summed E-state index contributed by atoms with van der Waals surface area (Å²) in [6.07, 6.45) is 0. The fourth-order valence-corrected chi connectivity index (χ4v) is 8.13. The van der Waals surface area contributed by atoms with Crippen molar-refractivity contribution in [3.05, 3.63) is 0 Å². The van der Waals surface area contributed by atoms with Gasteiger partial charge in [-0.25, -0.2) is 0 Å². The van der Waals surface area contributed by atoms with Gasteiger partial charge < -0.3 is 0 Å². The van der Waals surface area contributed by atoms with E-state index in [2.05, 4.69) is 0 Å². The van der Waals surface area contributed by atoms with Crippen LogP contribution in [0.1, 0.15) is 0 Å². The van der Waals surface area contributed by atoms with Crippen LogP contribution in [-0.4, -0.2) is 28.0 Å². The quantitative estimate of drug-likeness (QED) is 0.450. The van der Waals surface area contributed by atoms with Crippen molar-refractivity contribution in [3.8, 4) is 0 Å². The first-order valence-electron chi connectivity index (χ1n) is 1.51. The molecule has 1 heterocycles. The molecule has 1 aliphatic rings. The van der Waals surface area contributed by atoms with Gasteiger partial charge in [-0.15, -0.1) is 0 Å². The predicted octanol–water partition coefficient (Wildman–Crippen LogP) is 1.97. The van der Waals surface area contributed by atoms with E-state index in [0.717, 1.165) is 0 Å².